The number of pyridine rings is 1. The molecule has 3 aromatic heterocycles. The van der Waals surface area contributed by atoms with Crippen LogP contribution in [0.1, 0.15) is 27.6 Å². The number of hydrogen-bond donors (Lipinski definition) is 2. The number of carbonyl (C=O) groups excluding carboxylic acids is 1. The predicted molar refractivity (Wildman–Crippen MR) is 86.7 cm³/mol. The number of amides is 1. The summed E-state index contributed by atoms with van der Waals surface area (Å²) in [5.41, 5.74) is 1.18. The fourth-order valence-electron chi connectivity index (χ4n) is 2.08. The Hall–Kier alpha value is -3.29. The smallest absolute Gasteiger partial charge is 0.270 e. The van der Waals surface area contributed by atoms with E-state index in [4.69, 9.17) is 4.52 Å². The summed E-state index contributed by atoms with van der Waals surface area (Å²) in [4.78, 5) is 24.7. The second-order valence-electron chi connectivity index (χ2n) is 5.18. The predicted octanol–water partition coefficient (Wildman–Crippen LogP) is 2.15. The third kappa shape index (κ3) is 3.92. The first-order valence-corrected chi connectivity index (χ1v) is 7.33. The van der Waals surface area contributed by atoms with E-state index in [-0.39, 0.29) is 11.6 Å². The van der Waals surface area contributed by atoms with E-state index in [9.17, 15) is 4.79 Å². The van der Waals surface area contributed by atoms with Crippen molar-refractivity contribution >= 4 is 17.5 Å². The van der Waals surface area contributed by atoms with Gasteiger partial charge in [0.15, 0.2) is 5.82 Å². The van der Waals surface area contributed by atoms with Crippen molar-refractivity contribution in [2.24, 2.45) is 0 Å². The molecule has 3 rings (SSSR count). The number of hydrogen-bond acceptors (Lipinski definition) is 7. The Kier molecular flexibility index (Phi) is 4.46. The summed E-state index contributed by atoms with van der Waals surface area (Å²) in [6.45, 7) is 3.89. The third-order valence-electron chi connectivity index (χ3n) is 3.13. The fourth-order valence-corrected chi connectivity index (χ4v) is 2.08. The van der Waals surface area contributed by atoms with Gasteiger partial charge in [-0.15, -0.1) is 0 Å². The molecule has 0 aliphatic heterocycles. The monoisotopic (exact) mass is 324 g/mol. The number of carbonyl (C=O) groups is 1. The summed E-state index contributed by atoms with van der Waals surface area (Å²) in [6, 6.07) is 7.01. The van der Waals surface area contributed by atoms with Gasteiger partial charge in [-0.1, -0.05) is 11.2 Å². The first-order chi connectivity index (χ1) is 11.6. The molecule has 0 fully saturated rings. The Morgan fingerprint density at radius 3 is 2.79 bits per heavy atom. The van der Waals surface area contributed by atoms with Crippen LogP contribution in [-0.2, 0) is 6.54 Å². The van der Waals surface area contributed by atoms with Crippen LogP contribution in [0, 0.1) is 13.8 Å². The van der Waals surface area contributed by atoms with Crippen molar-refractivity contribution < 1.29 is 9.32 Å². The molecule has 0 aromatic carbocycles. The van der Waals surface area contributed by atoms with E-state index in [1.165, 1.54) is 0 Å². The molecule has 0 saturated carbocycles. The quantitative estimate of drug-likeness (QED) is 0.740. The zero-order valence-electron chi connectivity index (χ0n) is 13.3. The van der Waals surface area contributed by atoms with Crippen LogP contribution in [0.4, 0.5) is 11.6 Å². The summed E-state index contributed by atoms with van der Waals surface area (Å²) in [7, 11) is 0. The number of anilines is 2. The molecule has 0 bridgehead atoms. The summed E-state index contributed by atoms with van der Waals surface area (Å²) in [6.07, 6.45) is 3.38. The average molecular weight is 324 g/mol. The van der Waals surface area contributed by atoms with Gasteiger partial charge in [-0.25, -0.2) is 9.97 Å². The SMILES string of the molecule is Cc1nc(Nc2cc(C)on2)cc(C(=O)NCc2cccnc2)n1. The highest BCUT2D eigenvalue weighted by Gasteiger charge is 2.11. The van der Waals surface area contributed by atoms with Crippen LogP contribution >= 0.6 is 0 Å². The number of nitrogens with one attached hydrogen (secondary N) is 2. The Morgan fingerprint density at radius 1 is 1.21 bits per heavy atom. The van der Waals surface area contributed by atoms with Crippen LogP contribution in [0.15, 0.2) is 41.2 Å². The van der Waals surface area contributed by atoms with Crippen molar-refractivity contribution in [2.75, 3.05) is 5.32 Å². The zero-order chi connectivity index (χ0) is 16.9. The van der Waals surface area contributed by atoms with E-state index < -0.39 is 0 Å². The van der Waals surface area contributed by atoms with Crippen LogP contribution < -0.4 is 10.6 Å². The lowest BCUT2D eigenvalue weighted by Gasteiger charge is -2.07. The highest BCUT2D eigenvalue weighted by atomic mass is 16.5. The fraction of sp³-hybridized carbons (Fsp3) is 0.188. The average Bonchev–Trinajstić information content (AvgIpc) is 2.98. The molecule has 2 N–H and O–H groups in total. The molecule has 122 valence electrons. The molecular formula is C16H16N6O2. The zero-order valence-corrected chi connectivity index (χ0v) is 13.3. The van der Waals surface area contributed by atoms with Gasteiger partial charge in [-0.3, -0.25) is 9.78 Å². The Labute approximate surface area is 138 Å². The van der Waals surface area contributed by atoms with E-state index in [0.29, 0.717) is 29.8 Å². The van der Waals surface area contributed by atoms with Gasteiger partial charge in [0.1, 0.15) is 23.1 Å². The molecule has 0 unspecified atom stereocenters. The molecule has 0 atom stereocenters. The van der Waals surface area contributed by atoms with E-state index in [1.54, 1.807) is 38.4 Å². The van der Waals surface area contributed by atoms with E-state index >= 15 is 0 Å². The lowest BCUT2D eigenvalue weighted by Crippen LogP contribution is -2.24. The van der Waals surface area contributed by atoms with Gasteiger partial charge in [0.2, 0.25) is 0 Å². The molecule has 0 radical (unpaired) electrons. The Bertz CT molecular complexity index is 847. The summed E-state index contributed by atoms with van der Waals surface area (Å²) >= 11 is 0. The van der Waals surface area contributed by atoms with Crippen molar-refractivity contribution in [1.29, 1.82) is 0 Å². The van der Waals surface area contributed by atoms with E-state index in [0.717, 1.165) is 5.56 Å². The normalized spacial score (nSPS) is 10.4. The summed E-state index contributed by atoms with van der Waals surface area (Å²) in [5.74, 6) is 1.86. The minimum absolute atomic E-state index is 0.272. The van der Waals surface area contributed by atoms with Crippen LogP contribution in [-0.4, -0.2) is 26.0 Å². The van der Waals surface area contributed by atoms with Gasteiger partial charge in [0, 0.05) is 31.1 Å². The van der Waals surface area contributed by atoms with Gasteiger partial charge in [0.25, 0.3) is 5.91 Å². The van der Waals surface area contributed by atoms with Gasteiger partial charge in [-0.05, 0) is 25.5 Å². The first-order valence-electron chi connectivity index (χ1n) is 7.33. The van der Waals surface area contributed by atoms with Crippen molar-refractivity contribution in [2.45, 2.75) is 20.4 Å². The molecule has 0 spiro atoms. The van der Waals surface area contributed by atoms with Crippen LogP contribution in [0.5, 0.6) is 0 Å². The van der Waals surface area contributed by atoms with Crippen LogP contribution in [0.3, 0.4) is 0 Å². The van der Waals surface area contributed by atoms with E-state index in [2.05, 4.69) is 30.7 Å². The second-order valence-corrected chi connectivity index (χ2v) is 5.18. The van der Waals surface area contributed by atoms with E-state index in [1.807, 2.05) is 12.1 Å². The molecule has 0 aliphatic carbocycles. The highest BCUT2D eigenvalue weighted by molar-refractivity contribution is 5.93. The topological polar surface area (TPSA) is 106 Å². The summed E-state index contributed by atoms with van der Waals surface area (Å²) in [5, 5.41) is 9.63. The van der Waals surface area contributed by atoms with Gasteiger partial charge in [-0.2, -0.15) is 0 Å². The standard InChI is InChI=1S/C16H16N6O2/c1-10-6-15(22-24-10)21-14-7-13(19-11(2)20-14)16(23)18-9-12-4-3-5-17-8-12/h3-8H,9H2,1-2H3,(H,18,23)(H,19,20,21,22). The van der Waals surface area contributed by atoms with Crippen LogP contribution in [0.25, 0.3) is 0 Å². The summed E-state index contributed by atoms with van der Waals surface area (Å²) < 4.78 is 4.99. The molecule has 0 saturated heterocycles. The van der Waals surface area contributed by atoms with Crippen molar-refractivity contribution in [1.82, 2.24) is 25.4 Å². The molecule has 8 heteroatoms. The minimum atomic E-state index is -0.288. The third-order valence-corrected chi connectivity index (χ3v) is 3.13. The number of aromatic nitrogens is 4. The van der Waals surface area contributed by atoms with Crippen molar-refractivity contribution in [3.63, 3.8) is 0 Å². The molecular weight excluding hydrogens is 308 g/mol. The van der Waals surface area contributed by atoms with Gasteiger partial charge >= 0.3 is 0 Å². The molecule has 8 nitrogen and oxygen atoms in total. The molecule has 3 heterocycles. The molecule has 3 aromatic rings. The van der Waals surface area contributed by atoms with Gasteiger partial charge in [0.05, 0.1) is 0 Å². The van der Waals surface area contributed by atoms with Gasteiger partial charge < -0.3 is 15.2 Å². The minimum Gasteiger partial charge on any atom is -0.360 e. The Morgan fingerprint density at radius 2 is 2.08 bits per heavy atom. The highest BCUT2D eigenvalue weighted by Crippen LogP contribution is 2.15. The second kappa shape index (κ2) is 6.86. The number of aryl methyl sites for hydroxylation is 2. The number of nitrogens with zero attached hydrogens (tertiary/aromatic N) is 4. The molecule has 0 aliphatic rings. The lowest BCUT2D eigenvalue weighted by atomic mass is 10.2. The maximum absolute atomic E-state index is 12.3. The largest absolute Gasteiger partial charge is 0.360 e. The maximum atomic E-state index is 12.3. The maximum Gasteiger partial charge on any atom is 0.270 e. The lowest BCUT2D eigenvalue weighted by molar-refractivity contribution is 0.0945. The van der Waals surface area contributed by atoms with Crippen LogP contribution in [0.2, 0.25) is 0 Å². The first kappa shape index (κ1) is 15.6. The Balaban J connectivity index is 1.71. The molecule has 24 heavy (non-hydrogen) atoms. The van der Waals surface area contributed by atoms with Crippen molar-refractivity contribution in [3.05, 3.63) is 59.5 Å². The molecule has 1 amide bonds. The number of rotatable bonds is 5. The van der Waals surface area contributed by atoms with Crippen molar-refractivity contribution in [3.8, 4) is 0 Å².